The van der Waals surface area contributed by atoms with Gasteiger partial charge in [0.1, 0.15) is 6.54 Å². The van der Waals surface area contributed by atoms with Gasteiger partial charge in [-0.05, 0) is 43.9 Å². The van der Waals surface area contributed by atoms with E-state index in [1.54, 1.807) is 58.8 Å². The smallest absolute Gasteiger partial charge is 0.434 e. The lowest BCUT2D eigenvalue weighted by molar-refractivity contribution is -0.172. The molecule has 2 rings (SSSR count). The molecule has 2 N–H and O–H groups in total. The molecule has 0 saturated heterocycles. The fourth-order valence-corrected chi connectivity index (χ4v) is 5.78. The van der Waals surface area contributed by atoms with Crippen LogP contribution >= 0.6 is 33.3 Å². The molecule has 0 aliphatic carbocycles. The summed E-state index contributed by atoms with van der Waals surface area (Å²) in [6, 6.07) is 18.4. The molecule has 11 heteroatoms. The Morgan fingerprint density at radius 2 is 1.66 bits per heavy atom. The summed E-state index contributed by atoms with van der Waals surface area (Å²) in [6.45, 7) is 2.38. The minimum absolute atomic E-state index is 0.123. The predicted octanol–water partition coefficient (Wildman–Crippen LogP) is 5.06. The lowest BCUT2D eigenvalue weighted by Gasteiger charge is -2.19. The molecule has 2 unspecified atom stereocenters. The number of carbonyl (C=O) groups is 3. The average Bonchev–Trinajstić information content (AvgIpc) is 2.93. The van der Waals surface area contributed by atoms with E-state index < -0.39 is 18.4 Å². The van der Waals surface area contributed by atoms with Crippen LogP contribution in [0.3, 0.4) is 0 Å². The topological polar surface area (TPSA) is 103 Å². The van der Waals surface area contributed by atoms with Crippen LogP contribution in [-0.2, 0) is 30.2 Å². The number of rotatable bonds is 18. The molecule has 0 heterocycles. The minimum Gasteiger partial charge on any atom is -0.434 e. The van der Waals surface area contributed by atoms with Crippen LogP contribution in [0, 0.1) is 5.92 Å². The number of hydrogen-bond acceptors (Lipinski definition) is 10. The van der Waals surface area contributed by atoms with Crippen LogP contribution in [-0.4, -0.2) is 61.4 Å². The van der Waals surface area contributed by atoms with Gasteiger partial charge in [0.25, 0.3) is 6.29 Å². The van der Waals surface area contributed by atoms with Crippen molar-refractivity contribution in [3.8, 4) is 0 Å². The third-order valence-electron chi connectivity index (χ3n) is 5.09. The first-order valence-electron chi connectivity index (χ1n) is 12.4. The molecule has 0 saturated carbocycles. The van der Waals surface area contributed by atoms with Crippen LogP contribution in [0.4, 0.5) is 4.79 Å². The standard InChI is InChI=1S/C27H36N2O6S3/c1-3-33-27(32)35-26(22-13-8-5-9-14-22)34-24(30)18-29-25(31)23(17-21-11-6-4-7-12-21)19-37-38-20-28-15-10-16-36-2/h4-9,11-14,23,26,28H,3,10,15-20H2,1-2H3,(H,29,31). The predicted molar refractivity (Wildman–Crippen MR) is 156 cm³/mol. The van der Waals surface area contributed by atoms with Crippen LogP contribution < -0.4 is 10.6 Å². The second-order valence-corrected chi connectivity index (χ2v) is 11.5. The van der Waals surface area contributed by atoms with E-state index in [1.165, 1.54) is 0 Å². The van der Waals surface area contributed by atoms with Crippen molar-refractivity contribution in [2.45, 2.75) is 26.1 Å². The van der Waals surface area contributed by atoms with Gasteiger partial charge < -0.3 is 24.8 Å². The van der Waals surface area contributed by atoms with Crippen molar-refractivity contribution < 1.29 is 28.6 Å². The van der Waals surface area contributed by atoms with Crippen molar-refractivity contribution in [1.82, 2.24) is 10.6 Å². The van der Waals surface area contributed by atoms with E-state index in [4.69, 9.17) is 14.2 Å². The number of amides is 1. The normalized spacial score (nSPS) is 12.3. The molecule has 2 aromatic carbocycles. The van der Waals surface area contributed by atoms with Gasteiger partial charge in [-0.15, -0.1) is 0 Å². The Morgan fingerprint density at radius 1 is 0.947 bits per heavy atom. The molecule has 0 aliphatic heterocycles. The summed E-state index contributed by atoms with van der Waals surface area (Å²) in [7, 11) is 3.30. The van der Waals surface area contributed by atoms with Gasteiger partial charge >= 0.3 is 12.1 Å². The third kappa shape index (κ3) is 13.5. The van der Waals surface area contributed by atoms with Crippen molar-refractivity contribution in [2.24, 2.45) is 5.92 Å². The molecular weight excluding hydrogens is 545 g/mol. The van der Waals surface area contributed by atoms with Crippen LogP contribution in [0.15, 0.2) is 60.7 Å². The maximum absolute atomic E-state index is 13.0. The zero-order chi connectivity index (χ0) is 27.4. The van der Waals surface area contributed by atoms with Crippen molar-refractivity contribution >= 4 is 51.4 Å². The van der Waals surface area contributed by atoms with Crippen LogP contribution in [0.5, 0.6) is 0 Å². The van der Waals surface area contributed by atoms with Crippen LogP contribution in [0.1, 0.15) is 30.8 Å². The van der Waals surface area contributed by atoms with Crippen molar-refractivity contribution in [2.75, 3.05) is 43.3 Å². The summed E-state index contributed by atoms with van der Waals surface area (Å²) in [5, 5.41) is 6.08. The summed E-state index contributed by atoms with van der Waals surface area (Å²) < 4.78 is 15.3. The Labute approximate surface area is 237 Å². The molecule has 0 bridgehead atoms. The first kappa shape index (κ1) is 31.9. The molecular formula is C27H36N2O6S3. The van der Waals surface area contributed by atoms with Gasteiger partial charge in [-0.2, -0.15) is 11.8 Å². The number of carbonyl (C=O) groups excluding carboxylic acids is 3. The summed E-state index contributed by atoms with van der Waals surface area (Å²) >= 11 is 1.83. The SMILES string of the molecule is CCOC(=O)OC(OC(=O)CNC(=O)C(CSSCNCCCSC)Cc1ccccc1)c1ccccc1. The Morgan fingerprint density at radius 3 is 2.34 bits per heavy atom. The first-order valence-corrected chi connectivity index (χ1v) is 16.2. The van der Waals surface area contributed by atoms with Gasteiger partial charge in [-0.25, -0.2) is 4.79 Å². The highest BCUT2D eigenvalue weighted by Crippen LogP contribution is 2.25. The maximum Gasteiger partial charge on any atom is 0.511 e. The molecule has 8 nitrogen and oxygen atoms in total. The summed E-state index contributed by atoms with van der Waals surface area (Å²) in [6.07, 6.45) is 1.54. The highest BCUT2D eigenvalue weighted by molar-refractivity contribution is 8.76. The quantitative estimate of drug-likeness (QED) is 0.108. The Balaban J connectivity index is 1.89. The van der Waals surface area contributed by atoms with E-state index in [-0.39, 0.29) is 25.0 Å². The van der Waals surface area contributed by atoms with E-state index in [2.05, 4.69) is 16.9 Å². The summed E-state index contributed by atoms with van der Waals surface area (Å²) in [5.41, 5.74) is 1.51. The number of hydrogen-bond donors (Lipinski definition) is 2. The molecule has 0 radical (unpaired) electrons. The number of nitrogens with one attached hydrogen (secondary N) is 2. The summed E-state index contributed by atoms with van der Waals surface area (Å²) in [4.78, 5) is 37.4. The third-order valence-corrected chi connectivity index (χ3v) is 8.08. The molecule has 0 aliphatic rings. The average molecular weight is 581 g/mol. The van der Waals surface area contributed by atoms with Gasteiger partial charge in [-0.1, -0.05) is 82.3 Å². The van der Waals surface area contributed by atoms with E-state index in [0.717, 1.165) is 30.2 Å². The fourth-order valence-electron chi connectivity index (χ4n) is 3.23. The monoisotopic (exact) mass is 580 g/mol. The van der Waals surface area contributed by atoms with E-state index in [1.807, 2.05) is 42.1 Å². The molecule has 2 atom stereocenters. The number of benzene rings is 2. The second-order valence-electron chi connectivity index (χ2n) is 8.03. The molecule has 0 spiro atoms. The van der Waals surface area contributed by atoms with Gasteiger partial charge in [-0.3, -0.25) is 9.59 Å². The van der Waals surface area contributed by atoms with Gasteiger partial charge in [0.2, 0.25) is 5.91 Å². The van der Waals surface area contributed by atoms with Crippen molar-refractivity contribution in [3.05, 3.63) is 71.8 Å². The van der Waals surface area contributed by atoms with E-state index in [9.17, 15) is 14.4 Å². The van der Waals surface area contributed by atoms with Crippen molar-refractivity contribution in [3.63, 3.8) is 0 Å². The molecule has 0 fully saturated rings. The maximum atomic E-state index is 13.0. The van der Waals surface area contributed by atoms with Crippen molar-refractivity contribution in [1.29, 1.82) is 0 Å². The Hall–Kier alpha value is -2.34. The highest BCUT2D eigenvalue weighted by atomic mass is 33.1. The van der Waals surface area contributed by atoms with Gasteiger partial charge in [0.15, 0.2) is 0 Å². The zero-order valence-corrected chi connectivity index (χ0v) is 24.2. The lowest BCUT2D eigenvalue weighted by atomic mass is 10.0. The Bertz CT molecular complexity index is 952. The molecule has 208 valence electrons. The number of thioether (sulfide) groups is 1. The van der Waals surface area contributed by atoms with Crippen LogP contribution in [0.2, 0.25) is 0 Å². The van der Waals surface area contributed by atoms with E-state index >= 15 is 0 Å². The Kier molecular flexibility index (Phi) is 16.5. The molecule has 1 amide bonds. The second kappa shape index (κ2) is 19.7. The largest absolute Gasteiger partial charge is 0.511 e. The zero-order valence-electron chi connectivity index (χ0n) is 21.8. The summed E-state index contributed by atoms with van der Waals surface area (Å²) in [5.74, 6) is 1.21. The molecule has 38 heavy (non-hydrogen) atoms. The molecule has 2 aromatic rings. The minimum atomic E-state index is -1.28. The van der Waals surface area contributed by atoms with Gasteiger partial charge in [0.05, 0.1) is 18.4 Å². The number of esters is 1. The first-order chi connectivity index (χ1) is 18.5. The molecule has 0 aromatic heterocycles. The highest BCUT2D eigenvalue weighted by Gasteiger charge is 2.24. The number of ether oxygens (including phenoxy) is 3. The lowest BCUT2D eigenvalue weighted by Crippen LogP contribution is -2.37. The van der Waals surface area contributed by atoms with E-state index in [0.29, 0.717) is 17.7 Å². The van der Waals surface area contributed by atoms with Gasteiger partial charge in [0, 0.05) is 11.3 Å². The fraction of sp³-hybridized carbons (Fsp3) is 0.444. The van der Waals surface area contributed by atoms with Crippen LogP contribution in [0.25, 0.3) is 0 Å².